The highest BCUT2D eigenvalue weighted by atomic mass is 16.3. The molecule has 0 bridgehead atoms. The molecule has 46 heavy (non-hydrogen) atoms. The van der Waals surface area contributed by atoms with Crippen LogP contribution < -0.4 is 4.90 Å². The lowest BCUT2D eigenvalue weighted by molar-refractivity contribution is 0.650. The summed E-state index contributed by atoms with van der Waals surface area (Å²) in [5, 5.41) is 7.22. The van der Waals surface area contributed by atoms with Crippen molar-refractivity contribution in [1.29, 1.82) is 0 Å². The molecule has 2 heterocycles. The van der Waals surface area contributed by atoms with E-state index in [1.165, 1.54) is 32.7 Å². The minimum Gasteiger partial charge on any atom is -0.454 e. The summed E-state index contributed by atoms with van der Waals surface area (Å²) in [6.45, 7) is 0. The maximum Gasteiger partial charge on any atom is 0.157 e. The van der Waals surface area contributed by atoms with Crippen LogP contribution in [0.4, 0.5) is 11.4 Å². The molecule has 0 amide bonds. The van der Waals surface area contributed by atoms with Crippen molar-refractivity contribution in [1.82, 2.24) is 4.98 Å². The highest BCUT2D eigenvalue weighted by Crippen LogP contribution is 2.40. The van der Waals surface area contributed by atoms with Crippen molar-refractivity contribution in [3.8, 4) is 11.1 Å². The van der Waals surface area contributed by atoms with Crippen LogP contribution in [0.15, 0.2) is 174 Å². The van der Waals surface area contributed by atoms with Crippen LogP contribution in [0.2, 0.25) is 0 Å². The van der Waals surface area contributed by atoms with E-state index in [1.807, 2.05) is 6.20 Å². The Hall–Kier alpha value is -5.93. The molecule has 9 rings (SSSR count). The van der Waals surface area contributed by atoms with Gasteiger partial charge in [-0.05, 0) is 87.6 Å². The molecule has 218 valence electrons. The fourth-order valence-electron chi connectivity index (χ4n) is 6.93. The van der Waals surface area contributed by atoms with E-state index < -0.39 is 0 Å². The van der Waals surface area contributed by atoms with Gasteiger partial charge in [0, 0.05) is 40.0 Å². The van der Waals surface area contributed by atoms with Gasteiger partial charge in [-0.25, -0.2) is 0 Å². The van der Waals surface area contributed by atoms with Gasteiger partial charge in [0.05, 0.1) is 5.69 Å². The Bertz CT molecular complexity index is 2450. The number of hydrogen-bond donors (Lipinski definition) is 0. The zero-order chi connectivity index (χ0) is 30.5. The minimum atomic E-state index is 0.118. The third-order valence-electron chi connectivity index (χ3n) is 9.22. The number of para-hydroxylation sites is 1. The summed E-state index contributed by atoms with van der Waals surface area (Å²) in [6.07, 6.45) is 9.59. The number of aromatic nitrogens is 1. The number of pyridine rings is 1. The zero-order valence-corrected chi connectivity index (χ0v) is 25.2. The largest absolute Gasteiger partial charge is 0.454 e. The molecule has 1 atom stereocenters. The van der Waals surface area contributed by atoms with Crippen LogP contribution in [-0.4, -0.2) is 4.98 Å². The first-order valence-electron chi connectivity index (χ1n) is 15.8. The van der Waals surface area contributed by atoms with Gasteiger partial charge in [-0.3, -0.25) is 4.98 Å². The summed E-state index contributed by atoms with van der Waals surface area (Å²) in [4.78, 5) is 7.19. The maximum atomic E-state index is 6.50. The first kappa shape index (κ1) is 26.5. The van der Waals surface area contributed by atoms with Crippen molar-refractivity contribution in [2.24, 2.45) is 0 Å². The predicted molar refractivity (Wildman–Crippen MR) is 192 cm³/mol. The second kappa shape index (κ2) is 10.9. The summed E-state index contributed by atoms with van der Waals surface area (Å²) in [5.74, 6) is 0.118. The smallest absolute Gasteiger partial charge is 0.157 e. The van der Waals surface area contributed by atoms with Gasteiger partial charge in [-0.2, -0.15) is 0 Å². The standard InChI is InChI=1S/C43H30N2O/c1-2-11-35(12-3-1)45(36-21-16-30(17-22-36)34-15-14-29-8-4-5-10-33(29)28-34)37-23-18-32(19-24-37)42-43-39(26-27-44-42)41-38-13-7-6-9-31(38)20-25-40(41)46-43/h1-18,20-28,32H,19H2. The summed E-state index contributed by atoms with van der Waals surface area (Å²) >= 11 is 0. The van der Waals surface area contributed by atoms with E-state index in [0.29, 0.717) is 0 Å². The highest BCUT2D eigenvalue weighted by molar-refractivity contribution is 6.19. The highest BCUT2D eigenvalue weighted by Gasteiger charge is 2.23. The third kappa shape index (κ3) is 4.48. The molecule has 0 radical (unpaired) electrons. The first-order valence-corrected chi connectivity index (χ1v) is 15.8. The van der Waals surface area contributed by atoms with E-state index in [-0.39, 0.29) is 5.92 Å². The lowest BCUT2D eigenvalue weighted by Crippen LogP contribution is -2.17. The fourth-order valence-corrected chi connectivity index (χ4v) is 6.93. The molecule has 1 unspecified atom stereocenters. The summed E-state index contributed by atoms with van der Waals surface area (Å²) in [5.41, 5.74) is 8.57. The molecule has 1 aliphatic rings. The van der Waals surface area contributed by atoms with Crippen LogP contribution in [0.3, 0.4) is 0 Å². The van der Waals surface area contributed by atoms with Gasteiger partial charge in [0.15, 0.2) is 5.58 Å². The third-order valence-corrected chi connectivity index (χ3v) is 9.22. The van der Waals surface area contributed by atoms with Gasteiger partial charge in [0.25, 0.3) is 0 Å². The van der Waals surface area contributed by atoms with Crippen LogP contribution in [0.1, 0.15) is 18.0 Å². The molecular weight excluding hydrogens is 560 g/mol. The molecular formula is C43H30N2O. The van der Waals surface area contributed by atoms with Crippen molar-refractivity contribution >= 4 is 54.9 Å². The molecule has 2 aromatic heterocycles. The summed E-state index contributed by atoms with van der Waals surface area (Å²) in [6, 6.07) is 49.5. The van der Waals surface area contributed by atoms with Crippen LogP contribution in [0.5, 0.6) is 0 Å². The van der Waals surface area contributed by atoms with Crippen molar-refractivity contribution in [2.75, 3.05) is 4.90 Å². The molecule has 0 saturated heterocycles. The molecule has 0 spiro atoms. The average molecular weight is 591 g/mol. The minimum absolute atomic E-state index is 0.118. The van der Waals surface area contributed by atoms with Crippen molar-refractivity contribution in [3.05, 3.63) is 175 Å². The molecule has 1 aliphatic carbocycles. The van der Waals surface area contributed by atoms with E-state index >= 15 is 0 Å². The Morgan fingerprint density at radius 1 is 0.609 bits per heavy atom. The lowest BCUT2D eigenvalue weighted by atomic mass is 9.93. The molecule has 6 aromatic carbocycles. The molecule has 3 nitrogen and oxygen atoms in total. The summed E-state index contributed by atoms with van der Waals surface area (Å²) in [7, 11) is 0. The Balaban J connectivity index is 1.06. The van der Waals surface area contributed by atoms with E-state index in [2.05, 4.69) is 163 Å². The number of furan rings is 1. The Morgan fingerprint density at radius 2 is 1.33 bits per heavy atom. The number of allylic oxidation sites excluding steroid dienone is 3. The van der Waals surface area contributed by atoms with Crippen molar-refractivity contribution in [2.45, 2.75) is 12.3 Å². The van der Waals surface area contributed by atoms with Crippen molar-refractivity contribution < 1.29 is 4.42 Å². The van der Waals surface area contributed by atoms with Gasteiger partial charge < -0.3 is 9.32 Å². The van der Waals surface area contributed by atoms with E-state index in [1.54, 1.807) is 0 Å². The van der Waals surface area contributed by atoms with Gasteiger partial charge >= 0.3 is 0 Å². The number of rotatable bonds is 5. The van der Waals surface area contributed by atoms with Crippen LogP contribution in [-0.2, 0) is 0 Å². The van der Waals surface area contributed by atoms with E-state index in [4.69, 9.17) is 9.40 Å². The Labute approximate surface area is 267 Å². The maximum absolute atomic E-state index is 6.50. The molecule has 8 aromatic rings. The lowest BCUT2D eigenvalue weighted by Gasteiger charge is -2.29. The van der Waals surface area contributed by atoms with E-state index in [9.17, 15) is 0 Å². The van der Waals surface area contributed by atoms with Gasteiger partial charge in [0.1, 0.15) is 5.58 Å². The molecule has 0 fully saturated rings. The SMILES string of the molecule is C1=CC(c2nccc3c2oc2ccc4ccccc4c23)CC=C1N(c1ccccc1)c1ccc(-c2ccc3ccccc3c2)cc1. The molecule has 0 saturated carbocycles. The molecule has 3 heteroatoms. The normalized spacial score (nSPS) is 14.7. The van der Waals surface area contributed by atoms with Crippen molar-refractivity contribution in [3.63, 3.8) is 0 Å². The fraction of sp³-hybridized carbons (Fsp3) is 0.0465. The second-order valence-electron chi connectivity index (χ2n) is 11.9. The number of nitrogens with zero attached hydrogens (tertiary/aromatic N) is 2. The topological polar surface area (TPSA) is 29.3 Å². The van der Waals surface area contributed by atoms with Crippen LogP contribution in [0.25, 0.3) is 54.6 Å². The van der Waals surface area contributed by atoms with Crippen LogP contribution in [0, 0.1) is 0 Å². The summed E-state index contributed by atoms with van der Waals surface area (Å²) < 4.78 is 6.50. The zero-order valence-electron chi connectivity index (χ0n) is 25.2. The molecule has 0 N–H and O–H groups in total. The van der Waals surface area contributed by atoms with Gasteiger partial charge in [-0.15, -0.1) is 0 Å². The number of hydrogen-bond acceptors (Lipinski definition) is 3. The van der Waals surface area contributed by atoms with Gasteiger partial charge in [-0.1, -0.05) is 109 Å². The predicted octanol–water partition coefficient (Wildman–Crippen LogP) is 11.7. The first-order chi connectivity index (χ1) is 22.8. The Kier molecular flexibility index (Phi) is 6.27. The molecule has 0 aliphatic heterocycles. The van der Waals surface area contributed by atoms with Crippen LogP contribution >= 0.6 is 0 Å². The average Bonchev–Trinajstić information content (AvgIpc) is 3.52. The Morgan fingerprint density at radius 3 is 2.15 bits per heavy atom. The number of benzene rings is 6. The quantitative estimate of drug-likeness (QED) is 0.200. The van der Waals surface area contributed by atoms with Gasteiger partial charge in [0.2, 0.25) is 0 Å². The second-order valence-corrected chi connectivity index (χ2v) is 11.9. The number of fused-ring (bicyclic) bond motifs is 6. The van der Waals surface area contributed by atoms with E-state index in [0.717, 1.165) is 51.1 Å². The monoisotopic (exact) mass is 590 g/mol. The number of anilines is 2.